The van der Waals surface area contributed by atoms with Crippen molar-refractivity contribution >= 4 is 31.5 Å². The zero-order valence-corrected chi connectivity index (χ0v) is 9.75. The summed E-state index contributed by atoms with van der Waals surface area (Å²) in [5, 5.41) is 0. The Morgan fingerprint density at radius 1 is 1.27 bits per heavy atom. The van der Waals surface area contributed by atoms with Crippen molar-refractivity contribution in [2.45, 2.75) is 16.4 Å². The van der Waals surface area contributed by atoms with Crippen LogP contribution in [0, 0.1) is 0 Å². The van der Waals surface area contributed by atoms with Gasteiger partial charge in [0.05, 0.1) is 5.75 Å². The molecule has 0 fully saturated rings. The fourth-order valence-corrected chi connectivity index (χ4v) is 2.43. The Bertz CT molecular complexity index is 417. The van der Waals surface area contributed by atoms with Gasteiger partial charge in [-0.25, -0.2) is 8.42 Å². The van der Waals surface area contributed by atoms with Crippen molar-refractivity contribution in [1.29, 1.82) is 0 Å². The number of benzene rings is 1. The molecule has 0 aliphatic carbocycles. The lowest BCUT2D eigenvalue weighted by Crippen LogP contribution is -1.94. The first kappa shape index (κ1) is 12.7. The molecule has 7 heteroatoms. The van der Waals surface area contributed by atoms with Gasteiger partial charge in [-0.2, -0.15) is 8.78 Å². The van der Waals surface area contributed by atoms with Gasteiger partial charge in [0.2, 0.25) is 9.05 Å². The molecule has 1 rings (SSSR count). The summed E-state index contributed by atoms with van der Waals surface area (Å²) < 4.78 is 45.3. The molecule has 1 aromatic carbocycles. The molecule has 0 bridgehead atoms. The van der Waals surface area contributed by atoms with Crippen molar-refractivity contribution in [3.8, 4) is 0 Å². The van der Waals surface area contributed by atoms with E-state index in [1.54, 1.807) is 0 Å². The molecule has 0 atom stereocenters. The van der Waals surface area contributed by atoms with Crippen molar-refractivity contribution < 1.29 is 17.2 Å². The third-order valence-electron chi connectivity index (χ3n) is 1.49. The van der Waals surface area contributed by atoms with Crippen LogP contribution in [0.4, 0.5) is 8.78 Å². The summed E-state index contributed by atoms with van der Waals surface area (Å²) in [5.74, 6) is -2.78. The normalized spacial score (nSPS) is 12.0. The van der Waals surface area contributed by atoms with Gasteiger partial charge in [0, 0.05) is 15.6 Å². The first-order valence-electron chi connectivity index (χ1n) is 3.83. The predicted octanol–water partition coefficient (Wildman–Crippen LogP) is 3.07. The quantitative estimate of drug-likeness (QED) is 0.624. The molecule has 0 heterocycles. The van der Waals surface area contributed by atoms with E-state index in [9.17, 15) is 17.2 Å². The van der Waals surface area contributed by atoms with Gasteiger partial charge in [-0.1, -0.05) is 23.9 Å². The predicted molar refractivity (Wildman–Crippen MR) is 56.8 cm³/mol. The Balaban J connectivity index is 2.73. The molecule has 0 aliphatic rings. The molecule has 0 unspecified atom stereocenters. The van der Waals surface area contributed by atoms with Crippen LogP contribution in [0.25, 0.3) is 0 Å². The maximum absolute atomic E-state index is 11.9. The molecular formula is C8H7ClF2O2S2. The zero-order chi connectivity index (χ0) is 11.5. The molecule has 1 aromatic rings. The summed E-state index contributed by atoms with van der Waals surface area (Å²) >= 11 is 0.409. The Hall–Kier alpha value is -0.330. The van der Waals surface area contributed by atoms with Gasteiger partial charge in [0.15, 0.2) is 0 Å². The minimum absolute atomic E-state index is 0.297. The SMILES string of the molecule is O=S(=O)(Cl)Cc1ccc(SC(F)F)cc1. The Morgan fingerprint density at radius 3 is 2.20 bits per heavy atom. The van der Waals surface area contributed by atoms with Gasteiger partial charge in [0.1, 0.15) is 0 Å². The highest BCUT2D eigenvalue weighted by Gasteiger charge is 2.08. The molecule has 84 valence electrons. The van der Waals surface area contributed by atoms with E-state index in [4.69, 9.17) is 10.7 Å². The largest absolute Gasteiger partial charge is 0.288 e. The first-order valence-corrected chi connectivity index (χ1v) is 7.19. The number of rotatable bonds is 4. The molecule has 2 nitrogen and oxygen atoms in total. The number of thioether (sulfide) groups is 1. The van der Waals surface area contributed by atoms with Crippen LogP contribution in [0.15, 0.2) is 29.2 Å². The first-order chi connectivity index (χ1) is 6.87. The second-order valence-corrected chi connectivity index (χ2v) is 6.55. The maximum Gasteiger partial charge on any atom is 0.288 e. The smallest absolute Gasteiger partial charge is 0.212 e. The molecular weight excluding hydrogens is 266 g/mol. The maximum atomic E-state index is 11.9. The zero-order valence-electron chi connectivity index (χ0n) is 7.36. The van der Waals surface area contributed by atoms with Crippen molar-refractivity contribution in [1.82, 2.24) is 0 Å². The van der Waals surface area contributed by atoms with Crippen molar-refractivity contribution in [3.63, 3.8) is 0 Å². The van der Waals surface area contributed by atoms with Crippen LogP contribution in [-0.4, -0.2) is 14.2 Å². The molecule has 0 amide bonds. The number of alkyl halides is 2. The third-order valence-corrected chi connectivity index (χ3v) is 3.22. The molecule has 0 aromatic heterocycles. The molecule has 0 saturated heterocycles. The van der Waals surface area contributed by atoms with Gasteiger partial charge in [0.25, 0.3) is 5.76 Å². The lowest BCUT2D eigenvalue weighted by Gasteiger charge is -2.01. The summed E-state index contributed by atoms with van der Waals surface area (Å²) in [5.41, 5.74) is 0.476. The Labute approximate surface area is 95.0 Å². The average molecular weight is 273 g/mol. The summed E-state index contributed by atoms with van der Waals surface area (Å²) in [6.45, 7) is 0. The van der Waals surface area contributed by atoms with E-state index in [2.05, 4.69) is 0 Å². The van der Waals surface area contributed by atoms with E-state index >= 15 is 0 Å². The molecule has 0 spiro atoms. The summed E-state index contributed by atoms with van der Waals surface area (Å²) in [7, 11) is 1.44. The molecule has 0 radical (unpaired) electrons. The molecule has 0 saturated carbocycles. The van der Waals surface area contributed by atoms with Crippen LogP contribution < -0.4 is 0 Å². The standard InChI is InChI=1S/C8H7ClF2O2S2/c9-15(12,13)5-6-1-3-7(4-2-6)14-8(10)11/h1-4,8H,5H2. The summed E-state index contributed by atoms with van der Waals surface area (Å²) in [6, 6.07) is 5.80. The van der Waals surface area contributed by atoms with Crippen LogP contribution >= 0.6 is 22.4 Å². The van der Waals surface area contributed by atoms with E-state index in [0.717, 1.165) is 0 Å². The van der Waals surface area contributed by atoms with Crippen molar-refractivity contribution in [3.05, 3.63) is 29.8 Å². The monoisotopic (exact) mass is 272 g/mol. The lowest BCUT2D eigenvalue weighted by molar-refractivity contribution is 0.252. The van der Waals surface area contributed by atoms with Crippen LogP contribution in [0.3, 0.4) is 0 Å². The highest BCUT2D eigenvalue weighted by atomic mass is 35.7. The van der Waals surface area contributed by atoms with Gasteiger partial charge >= 0.3 is 0 Å². The van der Waals surface area contributed by atoms with Gasteiger partial charge < -0.3 is 0 Å². The summed E-state index contributed by atoms with van der Waals surface area (Å²) in [6.07, 6.45) is 0. The number of halogens is 3. The van der Waals surface area contributed by atoms with Crippen LogP contribution in [0.5, 0.6) is 0 Å². The van der Waals surface area contributed by atoms with Gasteiger partial charge in [-0.3, -0.25) is 0 Å². The van der Waals surface area contributed by atoms with Crippen LogP contribution in [0.2, 0.25) is 0 Å². The lowest BCUT2D eigenvalue weighted by atomic mass is 10.2. The minimum Gasteiger partial charge on any atom is -0.212 e. The van der Waals surface area contributed by atoms with Gasteiger partial charge in [-0.05, 0) is 17.7 Å². The van der Waals surface area contributed by atoms with Gasteiger partial charge in [-0.15, -0.1) is 0 Å². The van der Waals surface area contributed by atoms with Crippen LogP contribution in [0.1, 0.15) is 5.56 Å². The molecule has 15 heavy (non-hydrogen) atoms. The van der Waals surface area contributed by atoms with E-state index in [0.29, 0.717) is 22.2 Å². The highest BCUT2D eigenvalue weighted by Crippen LogP contribution is 2.25. The highest BCUT2D eigenvalue weighted by molar-refractivity contribution is 8.13. The fourth-order valence-electron chi connectivity index (χ4n) is 0.966. The topological polar surface area (TPSA) is 34.1 Å². The fraction of sp³-hybridized carbons (Fsp3) is 0.250. The molecule has 0 N–H and O–H groups in total. The molecule has 0 aliphatic heterocycles. The van der Waals surface area contributed by atoms with E-state index in [1.807, 2.05) is 0 Å². The number of hydrogen-bond donors (Lipinski definition) is 0. The Kier molecular flexibility index (Phi) is 4.36. The van der Waals surface area contributed by atoms with Crippen LogP contribution in [-0.2, 0) is 14.8 Å². The third kappa shape index (κ3) is 5.34. The van der Waals surface area contributed by atoms with Crippen molar-refractivity contribution in [2.24, 2.45) is 0 Å². The van der Waals surface area contributed by atoms with E-state index < -0.39 is 14.8 Å². The number of hydrogen-bond acceptors (Lipinski definition) is 3. The van der Waals surface area contributed by atoms with Crippen molar-refractivity contribution in [2.75, 3.05) is 0 Å². The summed E-state index contributed by atoms with van der Waals surface area (Å²) in [4.78, 5) is 0.390. The second-order valence-electron chi connectivity index (χ2n) is 2.71. The Morgan fingerprint density at radius 2 is 1.80 bits per heavy atom. The second kappa shape index (κ2) is 5.14. The van der Waals surface area contributed by atoms with E-state index in [1.165, 1.54) is 24.3 Å². The average Bonchev–Trinajstić information content (AvgIpc) is 2.05. The van der Waals surface area contributed by atoms with E-state index in [-0.39, 0.29) is 5.75 Å². The minimum atomic E-state index is -3.60.